The van der Waals surface area contributed by atoms with Gasteiger partial charge in [0.1, 0.15) is 13.2 Å². The van der Waals surface area contributed by atoms with Gasteiger partial charge in [-0.2, -0.15) is 0 Å². The van der Waals surface area contributed by atoms with Crippen LogP contribution in [-0.2, 0) is 28.6 Å². The maximum Gasteiger partial charge on any atom is 0.306 e. The highest BCUT2D eigenvalue weighted by molar-refractivity contribution is 5.71. The quantitative estimate of drug-likeness (QED) is 0.0263. The molecule has 0 rings (SSSR count). The predicted octanol–water partition coefficient (Wildman–Crippen LogP) is 16.5. The third-order valence-corrected chi connectivity index (χ3v) is 10.8. The first kappa shape index (κ1) is 57.1. The molecule has 0 amide bonds. The fraction of sp³-hybridized carbons (Fsp3) is 0.759. The van der Waals surface area contributed by atoms with Crippen LogP contribution in [0.25, 0.3) is 0 Å². The first-order chi connectivity index (χ1) is 29.5. The Morgan fingerprint density at radius 1 is 0.350 bits per heavy atom. The molecule has 0 radical (unpaired) electrons. The molecule has 6 nitrogen and oxygen atoms in total. The minimum absolute atomic E-state index is 0.0886. The van der Waals surface area contributed by atoms with Gasteiger partial charge in [-0.25, -0.2) is 0 Å². The van der Waals surface area contributed by atoms with E-state index in [0.29, 0.717) is 19.3 Å². The number of hydrogen-bond donors (Lipinski definition) is 0. The highest BCUT2D eigenvalue weighted by Gasteiger charge is 2.19. The van der Waals surface area contributed by atoms with Crippen LogP contribution in [0.15, 0.2) is 60.8 Å². The highest BCUT2D eigenvalue weighted by atomic mass is 16.6. The van der Waals surface area contributed by atoms with E-state index >= 15 is 0 Å². The Morgan fingerprint density at radius 3 is 1.02 bits per heavy atom. The minimum atomic E-state index is -0.791. The normalized spacial score (nSPS) is 12.5. The summed E-state index contributed by atoms with van der Waals surface area (Å²) in [6.45, 7) is 6.48. The standard InChI is InChI=1S/C54H94O6/c1-4-7-10-13-16-19-22-24-26-27-28-30-32-35-38-41-44-47-53(56)59-50-51(49-58-52(55)46-43-40-37-34-31-21-18-15-12-9-6-3)60-54(57)48-45-42-39-36-33-29-25-23-20-17-14-11-8-5-2/h7,10,16,19,24,26,28,30,35,38,51H,4-6,8-9,11-15,17-18,20-23,25,27,29,31-34,36-37,39-50H2,1-3H3/b10-7-,19-16-,26-24-,30-28-,38-35-. The van der Waals surface area contributed by atoms with E-state index in [4.69, 9.17) is 14.2 Å². The van der Waals surface area contributed by atoms with E-state index in [2.05, 4.69) is 81.5 Å². The molecule has 0 bridgehead atoms. The van der Waals surface area contributed by atoms with Gasteiger partial charge in [-0.1, -0.05) is 229 Å². The molecule has 1 atom stereocenters. The molecule has 0 aromatic heterocycles. The number of ether oxygens (including phenoxy) is 3. The lowest BCUT2D eigenvalue weighted by atomic mass is 10.0. The molecule has 60 heavy (non-hydrogen) atoms. The van der Waals surface area contributed by atoms with Gasteiger partial charge in [0, 0.05) is 19.3 Å². The van der Waals surface area contributed by atoms with Crippen LogP contribution < -0.4 is 0 Å². The van der Waals surface area contributed by atoms with Crippen LogP contribution in [0.1, 0.15) is 245 Å². The van der Waals surface area contributed by atoms with Crippen LogP contribution in [0.5, 0.6) is 0 Å². The molecule has 0 fully saturated rings. The summed E-state index contributed by atoms with van der Waals surface area (Å²) in [5.41, 5.74) is 0. The van der Waals surface area contributed by atoms with Crippen LogP contribution in [0.3, 0.4) is 0 Å². The second-order valence-electron chi connectivity index (χ2n) is 16.7. The Balaban J connectivity index is 4.44. The molecule has 6 heteroatoms. The Bertz CT molecular complexity index is 1100. The zero-order valence-corrected chi connectivity index (χ0v) is 39.5. The lowest BCUT2D eigenvalue weighted by Gasteiger charge is -2.18. The zero-order valence-electron chi connectivity index (χ0n) is 39.5. The van der Waals surface area contributed by atoms with Gasteiger partial charge >= 0.3 is 17.9 Å². The van der Waals surface area contributed by atoms with Crippen molar-refractivity contribution >= 4 is 17.9 Å². The fourth-order valence-corrected chi connectivity index (χ4v) is 7.01. The molecular weight excluding hydrogens is 745 g/mol. The largest absolute Gasteiger partial charge is 0.462 e. The number of carbonyl (C=O) groups excluding carboxylic acids is 3. The highest BCUT2D eigenvalue weighted by Crippen LogP contribution is 2.15. The molecule has 1 unspecified atom stereocenters. The SMILES string of the molecule is CC/C=C\C/C=C\C/C=C\C/C=C\C/C=C\CCCC(=O)OCC(COC(=O)CCCCCCCCCCCCC)OC(=O)CCCCCCCCCCCCCCCC. The van der Waals surface area contributed by atoms with Crippen molar-refractivity contribution in [1.29, 1.82) is 0 Å². The van der Waals surface area contributed by atoms with Crippen LogP contribution in [0.4, 0.5) is 0 Å². The summed E-state index contributed by atoms with van der Waals surface area (Å²) in [4.78, 5) is 37.9. The zero-order chi connectivity index (χ0) is 43.7. The van der Waals surface area contributed by atoms with Gasteiger partial charge in [0.25, 0.3) is 0 Å². The number of carbonyl (C=O) groups is 3. The molecule has 0 heterocycles. The molecule has 346 valence electrons. The Hall–Kier alpha value is -2.89. The van der Waals surface area contributed by atoms with Gasteiger partial charge < -0.3 is 14.2 Å². The molecule has 0 saturated heterocycles. The lowest BCUT2D eigenvalue weighted by Crippen LogP contribution is -2.30. The van der Waals surface area contributed by atoms with Crippen molar-refractivity contribution in [3.8, 4) is 0 Å². The maximum absolute atomic E-state index is 12.8. The average Bonchev–Trinajstić information content (AvgIpc) is 3.24. The van der Waals surface area contributed by atoms with Crippen LogP contribution in [-0.4, -0.2) is 37.2 Å². The van der Waals surface area contributed by atoms with Crippen molar-refractivity contribution in [2.45, 2.75) is 252 Å². The number of hydrogen-bond acceptors (Lipinski definition) is 6. The van der Waals surface area contributed by atoms with Gasteiger partial charge in [-0.3, -0.25) is 14.4 Å². The molecule has 0 saturated carbocycles. The third-order valence-electron chi connectivity index (χ3n) is 10.8. The smallest absolute Gasteiger partial charge is 0.306 e. The van der Waals surface area contributed by atoms with Gasteiger partial charge in [0.05, 0.1) is 0 Å². The molecule has 0 aliphatic heterocycles. The Kier molecular flexibility index (Phi) is 46.4. The first-order valence-corrected chi connectivity index (χ1v) is 25.3. The van der Waals surface area contributed by atoms with Crippen molar-refractivity contribution in [3.05, 3.63) is 60.8 Å². The first-order valence-electron chi connectivity index (χ1n) is 25.3. The van der Waals surface area contributed by atoms with E-state index in [1.807, 2.05) is 0 Å². The summed E-state index contributed by atoms with van der Waals surface area (Å²) in [6.07, 6.45) is 59.2. The number of allylic oxidation sites excluding steroid dienone is 10. The fourth-order valence-electron chi connectivity index (χ4n) is 7.01. The van der Waals surface area contributed by atoms with E-state index in [9.17, 15) is 14.4 Å². The topological polar surface area (TPSA) is 78.9 Å². The van der Waals surface area contributed by atoms with Crippen molar-refractivity contribution in [1.82, 2.24) is 0 Å². The molecule has 0 N–H and O–H groups in total. The van der Waals surface area contributed by atoms with E-state index in [-0.39, 0.29) is 37.5 Å². The van der Waals surface area contributed by atoms with Crippen LogP contribution >= 0.6 is 0 Å². The Morgan fingerprint density at radius 2 is 0.650 bits per heavy atom. The number of rotatable bonds is 45. The summed E-state index contributed by atoms with van der Waals surface area (Å²) >= 11 is 0. The summed E-state index contributed by atoms with van der Waals surface area (Å²) in [5.74, 6) is -0.945. The van der Waals surface area contributed by atoms with Crippen molar-refractivity contribution in [3.63, 3.8) is 0 Å². The summed E-state index contributed by atoms with van der Waals surface area (Å²) in [6, 6.07) is 0. The molecule has 0 aliphatic carbocycles. The van der Waals surface area contributed by atoms with Crippen molar-refractivity contribution < 1.29 is 28.6 Å². The minimum Gasteiger partial charge on any atom is -0.462 e. The van der Waals surface area contributed by atoms with E-state index < -0.39 is 6.10 Å². The summed E-state index contributed by atoms with van der Waals surface area (Å²) in [7, 11) is 0. The predicted molar refractivity (Wildman–Crippen MR) is 256 cm³/mol. The average molecular weight is 839 g/mol. The molecule has 0 aromatic rings. The maximum atomic E-state index is 12.8. The summed E-state index contributed by atoms with van der Waals surface area (Å²) < 4.78 is 16.7. The number of esters is 3. The van der Waals surface area contributed by atoms with Gasteiger partial charge in [0.15, 0.2) is 6.10 Å². The molecule has 0 aliphatic rings. The van der Waals surface area contributed by atoms with Crippen LogP contribution in [0, 0.1) is 0 Å². The van der Waals surface area contributed by atoms with Crippen molar-refractivity contribution in [2.75, 3.05) is 13.2 Å². The van der Waals surface area contributed by atoms with Gasteiger partial charge in [0.2, 0.25) is 0 Å². The van der Waals surface area contributed by atoms with Gasteiger partial charge in [-0.15, -0.1) is 0 Å². The van der Waals surface area contributed by atoms with Crippen molar-refractivity contribution in [2.24, 2.45) is 0 Å². The molecule has 0 aromatic carbocycles. The second kappa shape index (κ2) is 48.8. The van der Waals surface area contributed by atoms with Gasteiger partial charge in [-0.05, 0) is 57.8 Å². The monoisotopic (exact) mass is 839 g/mol. The number of unbranched alkanes of at least 4 members (excludes halogenated alkanes) is 24. The molecule has 0 spiro atoms. The molecular formula is C54H94O6. The second-order valence-corrected chi connectivity index (χ2v) is 16.7. The summed E-state index contributed by atoms with van der Waals surface area (Å²) in [5, 5.41) is 0. The van der Waals surface area contributed by atoms with E-state index in [1.54, 1.807) is 0 Å². The lowest BCUT2D eigenvalue weighted by molar-refractivity contribution is -0.167. The Labute approximate surface area is 370 Å². The third kappa shape index (κ3) is 46.2. The van der Waals surface area contributed by atoms with E-state index in [0.717, 1.165) is 77.0 Å². The van der Waals surface area contributed by atoms with Crippen LogP contribution in [0.2, 0.25) is 0 Å². The van der Waals surface area contributed by atoms with E-state index in [1.165, 1.54) is 122 Å².